The molecule has 64 valence electrons. The molecule has 0 aromatic heterocycles. The van der Waals surface area contributed by atoms with E-state index in [2.05, 4.69) is 12.7 Å². The summed E-state index contributed by atoms with van der Waals surface area (Å²) >= 11 is 0. The predicted molar refractivity (Wildman–Crippen MR) is 52.9 cm³/mol. The third-order valence-electron chi connectivity index (χ3n) is 2.88. The Hall–Kier alpha value is -0.0800. The van der Waals surface area contributed by atoms with Crippen LogP contribution in [0.15, 0.2) is 0 Å². The van der Waals surface area contributed by atoms with E-state index >= 15 is 0 Å². The van der Waals surface area contributed by atoms with Crippen LogP contribution in [0.1, 0.15) is 25.7 Å². The first-order valence-electron chi connectivity index (χ1n) is 4.64. The summed E-state index contributed by atoms with van der Waals surface area (Å²) in [5, 5.41) is 8.39. The summed E-state index contributed by atoms with van der Waals surface area (Å²) < 4.78 is 0. The molecule has 0 aliphatic carbocycles. The Bertz CT molecular complexity index is 153. The van der Waals surface area contributed by atoms with Crippen LogP contribution in [0.3, 0.4) is 0 Å². The van der Waals surface area contributed by atoms with Gasteiger partial charge in [-0.2, -0.15) is 0 Å². The molecule has 0 radical (unpaired) electrons. The van der Waals surface area contributed by atoms with E-state index in [0.29, 0.717) is 0 Å². The van der Waals surface area contributed by atoms with Crippen molar-refractivity contribution in [2.75, 3.05) is 25.2 Å². The first-order chi connectivity index (χ1) is 5.27. The number of unbranched alkanes of at least 4 members (excludes halogenated alkanes) is 1. The van der Waals surface area contributed by atoms with Gasteiger partial charge in [0.2, 0.25) is 0 Å². The van der Waals surface area contributed by atoms with Crippen molar-refractivity contribution in [2.24, 2.45) is 0 Å². The van der Waals surface area contributed by atoms with Gasteiger partial charge in [-0.1, -0.05) is 0 Å². The van der Waals surface area contributed by atoms with Gasteiger partial charge in [0.1, 0.15) is 0 Å². The summed E-state index contributed by atoms with van der Waals surface area (Å²) in [5.41, 5.74) is 0. The van der Waals surface area contributed by atoms with Crippen LogP contribution in [-0.4, -0.2) is 25.2 Å². The maximum absolute atomic E-state index is 8.39. The molecule has 1 saturated heterocycles. The van der Waals surface area contributed by atoms with Crippen LogP contribution in [0.25, 0.3) is 0 Å². The molecule has 11 heavy (non-hydrogen) atoms. The predicted octanol–water partition coefficient (Wildman–Crippen LogP) is 2.46. The molecule has 0 unspecified atom stereocenters. The van der Waals surface area contributed by atoms with Gasteiger partial charge in [0.05, 0.1) is 0 Å². The van der Waals surface area contributed by atoms with E-state index in [-0.39, 0.29) is 0 Å². The zero-order chi connectivity index (χ0) is 8.16. The molecule has 0 amide bonds. The SMILES string of the molecule is C[PH]1(CCCC#N)CCCC1. The van der Waals surface area contributed by atoms with Crippen molar-refractivity contribution >= 4 is 7.26 Å². The Morgan fingerprint density at radius 2 is 2.00 bits per heavy atom. The number of rotatable bonds is 3. The first kappa shape index (κ1) is 9.01. The number of hydrogen-bond donors (Lipinski definition) is 0. The third kappa shape index (κ3) is 2.80. The molecule has 1 rings (SSSR count). The molecule has 2 heteroatoms. The van der Waals surface area contributed by atoms with E-state index in [1.807, 2.05) is 0 Å². The topological polar surface area (TPSA) is 23.8 Å². The Balaban J connectivity index is 2.19. The molecule has 0 aromatic carbocycles. The Morgan fingerprint density at radius 3 is 2.55 bits per heavy atom. The van der Waals surface area contributed by atoms with Crippen LogP contribution >= 0.6 is 7.26 Å². The van der Waals surface area contributed by atoms with Crippen LogP contribution in [0.4, 0.5) is 0 Å². The molecule has 1 aliphatic heterocycles. The van der Waals surface area contributed by atoms with Crippen molar-refractivity contribution in [3.8, 4) is 6.07 Å². The summed E-state index contributed by atoms with van der Waals surface area (Å²) in [6.45, 7) is 2.51. The number of nitriles is 1. The molecule has 1 nitrogen and oxygen atoms in total. The summed E-state index contributed by atoms with van der Waals surface area (Å²) in [6, 6.07) is 2.23. The van der Waals surface area contributed by atoms with Gasteiger partial charge in [-0.3, -0.25) is 0 Å². The fourth-order valence-electron chi connectivity index (χ4n) is 2.07. The van der Waals surface area contributed by atoms with E-state index in [9.17, 15) is 0 Å². The Kier molecular flexibility index (Phi) is 3.34. The summed E-state index contributed by atoms with van der Waals surface area (Å²) in [4.78, 5) is 0. The van der Waals surface area contributed by atoms with Gasteiger partial charge in [0.15, 0.2) is 0 Å². The standard InChI is InChI=1S/C9H18NP/c1-11(7-3-2-6-10)8-4-5-9-11/h11H,2-5,7-9H2,1H3. The minimum absolute atomic E-state index is 0.775. The van der Waals surface area contributed by atoms with Gasteiger partial charge in [0.25, 0.3) is 0 Å². The van der Waals surface area contributed by atoms with Gasteiger partial charge < -0.3 is 0 Å². The molecular formula is C9H18NP. The molecule has 0 saturated carbocycles. The van der Waals surface area contributed by atoms with E-state index in [0.717, 1.165) is 6.42 Å². The second kappa shape index (κ2) is 4.07. The first-order valence-corrected chi connectivity index (χ1v) is 7.76. The Morgan fingerprint density at radius 1 is 1.36 bits per heavy atom. The van der Waals surface area contributed by atoms with Crippen LogP contribution < -0.4 is 0 Å². The maximum atomic E-state index is 8.39. The van der Waals surface area contributed by atoms with Crippen molar-refractivity contribution in [3.63, 3.8) is 0 Å². The molecule has 0 atom stereocenters. The molecule has 0 spiro atoms. The second-order valence-electron chi connectivity index (χ2n) is 4.03. The molecule has 0 N–H and O–H groups in total. The molecule has 0 bridgehead atoms. The normalized spacial score (nSPS) is 24.4. The minimum atomic E-state index is -0.775. The molecule has 0 aromatic rings. The zero-order valence-electron chi connectivity index (χ0n) is 7.40. The second-order valence-corrected chi connectivity index (χ2v) is 9.15. The summed E-state index contributed by atoms with van der Waals surface area (Å²) in [7, 11) is -0.775. The van der Waals surface area contributed by atoms with Crippen LogP contribution in [-0.2, 0) is 0 Å². The quantitative estimate of drug-likeness (QED) is 0.472. The van der Waals surface area contributed by atoms with Gasteiger partial charge in [-0.25, -0.2) is 0 Å². The summed E-state index contributed by atoms with van der Waals surface area (Å²) in [5.74, 6) is 0. The van der Waals surface area contributed by atoms with Crippen LogP contribution in [0, 0.1) is 11.3 Å². The fraction of sp³-hybridized carbons (Fsp3) is 0.889. The van der Waals surface area contributed by atoms with Crippen molar-refractivity contribution in [3.05, 3.63) is 0 Å². The molecule has 1 fully saturated rings. The average Bonchev–Trinajstić information content (AvgIpc) is 2.38. The van der Waals surface area contributed by atoms with Crippen LogP contribution in [0.5, 0.6) is 0 Å². The van der Waals surface area contributed by atoms with Gasteiger partial charge in [-0.15, -0.1) is 0 Å². The van der Waals surface area contributed by atoms with Gasteiger partial charge >= 0.3 is 69.4 Å². The van der Waals surface area contributed by atoms with Gasteiger partial charge in [0, 0.05) is 0 Å². The zero-order valence-corrected chi connectivity index (χ0v) is 8.40. The van der Waals surface area contributed by atoms with E-state index < -0.39 is 7.26 Å². The van der Waals surface area contributed by atoms with E-state index in [1.165, 1.54) is 37.7 Å². The summed E-state index contributed by atoms with van der Waals surface area (Å²) in [6.07, 6.45) is 9.34. The van der Waals surface area contributed by atoms with Crippen molar-refractivity contribution in [1.82, 2.24) is 0 Å². The van der Waals surface area contributed by atoms with Crippen molar-refractivity contribution < 1.29 is 0 Å². The van der Waals surface area contributed by atoms with Crippen LogP contribution in [0.2, 0.25) is 0 Å². The van der Waals surface area contributed by atoms with Crippen molar-refractivity contribution in [2.45, 2.75) is 25.7 Å². The van der Waals surface area contributed by atoms with E-state index in [1.54, 1.807) is 0 Å². The van der Waals surface area contributed by atoms with E-state index in [4.69, 9.17) is 5.26 Å². The molecule has 1 aliphatic rings. The van der Waals surface area contributed by atoms with Crippen molar-refractivity contribution in [1.29, 1.82) is 5.26 Å². The Labute approximate surface area is 70.1 Å². The average molecular weight is 171 g/mol. The number of hydrogen-bond acceptors (Lipinski definition) is 1. The molecule has 1 heterocycles. The fourth-order valence-corrected chi connectivity index (χ4v) is 6.06. The van der Waals surface area contributed by atoms with Gasteiger partial charge in [-0.05, 0) is 0 Å². The monoisotopic (exact) mass is 171 g/mol. The third-order valence-corrected chi connectivity index (χ3v) is 7.56. The molecular weight excluding hydrogens is 153 g/mol. The number of nitrogens with zero attached hydrogens (tertiary/aromatic N) is 1.